The van der Waals surface area contributed by atoms with Gasteiger partial charge in [0, 0.05) is 51.0 Å². The third kappa shape index (κ3) is 8.18. The maximum atomic E-state index is 5.75. The molecule has 1 aliphatic heterocycles. The van der Waals surface area contributed by atoms with Crippen LogP contribution in [0.15, 0.2) is 35.3 Å². The number of nitrogens with zero attached hydrogens (tertiary/aromatic N) is 2. The summed E-state index contributed by atoms with van der Waals surface area (Å²) >= 11 is 0. The molecule has 2 rings (SSSR count). The third-order valence-corrected chi connectivity index (χ3v) is 4.82. The first-order chi connectivity index (χ1) is 13.2. The van der Waals surface area contributed by atoms with Crippen LogP contribution in [0.5, 0.6) is 0 Å². The zero-order valence-electron chi connectivity index (χ0n) is 17.1. The summed E-state index contributed by atoms with van der Waals surface area (Å²) in [5.41, 5.74) is 1.21. The molecule has 0 saturated carbocycles. The number of ether oxygens (including phenoxy) is 2. The number of guanidine groups is 1. The minimum atomic E-state index is 0.319. The Labute approximate surface area is 164 Å². The summed E-state index contributed by atoms with van der Waals surface area (Å²) in [7, 11) is 2.11. The number of nitrogens with one attached hydrogen (secondary N) is 2. The number of rotatable bonds is 11. The Bertz CT molecular complexity index is 532. The van der Waals surface area contributed by atoms with Crippen LogP contribution in [-0.4, -0.2) is 65.1 Å². The van der Waals surface area contributed by atoms with Crippen LogP contribution >= 0.6 is 0 Å². The molecule has 152 valence electrons. The molecule has 1 aromatic rings. The molecular weight excluding hydrogens is 340 g/mol. The molecule has 1 heterocycles. The Morgan fingerprint density at radius 1 is 1.33 bits per heavy atom. The topological polar surface area (TPSA) is 58.1 Å². The maximum absolute atomic E-state index is 5.75. The van der Waals surface area contributed by atoms with Gasteiger partial charge in [0.05, 0.1) is 19.8 Å². The summed E-state index contributed by atoms with van der Waals surface area (Å²) in [6.45, 7) is 10.1. The minimum absolute atomic E-state index is 0.319. The number of benzene rings is 1. The number of aliphatic imine (C=N–C) groups is 1. The van der Waals surface area contributed by atoms with Crippen LogP contribution in [-0.2, 0) is 9.47 Å². The summed E-state index contributed by atoms with van der Waals surface area (Å²) in [6, 6.07) is 10.7. The average molecular weight is 377 g/mol. The van der Waals surface area contributed by atoms with Crippen LogP contribution < -0.4 is 15.5 Å². The first kappa shape index (κ1) is 21.5. The highest BCUT2D eigenvalue weighted by Crippen LogP contribution is 2.14. The Morgan fingerprint density at radius 2 is 2.15 bits per heavy atom. The largest absolute Gasteiger partial charge is 0.381 e. The fraction of sp³-hybridized carbons (Fsp3) is 0.667. The number of hydrogen-bond acceptors (Lipinski definition) is 4. The van der Waals surface area contributed by atoms with Crippen molar-refractivity contribution in [2.24, 2.45) is 10.9 Å². The standard InChI is InChI=1S/C21H36N4O2/c1-4-22-21(23-12-8-13-26-16-19-11-14-27-17-19)24-15-18(2)25(3)20-9-6-5-7-10-20/h5-7,9-10,18-19H,4,8,11-17H2,1-3H3,(H2,22,23,24). The second kappa shape index (κ2) is 12.6. The van der Waals surface area contributed by atoms with Crippen LogP contribution in [0.1, 0.15) is 26.7 Å². The van der Waals surface area contributed by atoms with Crippen LogP contribution in [0.3, 0.4) is 0 Å². The summed E-state index contributed by atoms with van der Waals surface area (Å²) in [6.07, 6.45) is 2.10. The van der Waals surface area contributed by atoms with E-state index in [1.807, 2.05) is 6.07 Å². The molecule has 0 aromatic heterocycles. The van der Waals surface area contributed by atoms with Gasteiger partial charge in [0.2, 0.25) is 0 Å². The van der Waals surface area contributed by atoms with E-state index in [0.29, 0.717) is 12.0 Å². The lowest BCUT2D eigenvalue weighted by Gasteiger charge is -2.26. The fourth-order valence-electron chi connectivity index (χ4n) is 2.95. The van der Waals surface area contributed by atoms with Crippen molar-refractivity contribution in [2.45, 2.75) is 32.7 Å². The average Bonchev–Trinajstić information content (AvgIpc) is 3.22. The SMILES string of the molecule is CCNC(=NCC(C)N(C)c1ccccc1)NCCCOCC1CCOC1. The summed E-state index contributed by atoms with van der Waals surface area (Å²) in [5.74, 6) is 1.45. The van der Waals surface area contributed by atoms with Gasteiger partial charge < -0.3 is 25.0 Å². The zero-order valence-corrected chi connectivity index (χ0v) is 17.1. The van der Waals surface area contributed by atoms with E-state index in [9.17, 15) is 0 Å². The van der Waals surface area contributed by atoms with E-state index in [1.54, 1.807) is 0 Å². The molecule has 1 fully saturated rings. The minimum Gasteiger partial charge on any atom is -0.381 e. The molecule has 2 atom stereocenters. The molecule has 1 aromatic carbocycles. The van der Waals surface area contributed by atoms with E-state index in [4.69, 9.17) is 14.5 Å². The Hall–Kier alpha value is -1.79. The van der Waals surface area contributed by atoms with Crippen molar-refractivity contribution in [1.82, 2.24) is 10.6 Å². The zero-order chi connectivity index (χ0) is 19.3. The van der Waals surface area contributed by atoms with Crippen LogP contribution in [0.25, 0.3) is 0 Å². The van der Waals surface area contributed by atoms with Crippen molar-refractivity contribution in [3.63, 3.8) is 0 Å². The van der Waals surface area contributed by atoms with E-state index in [2.05, 4.69) is 60.7 Å². The van der Waals surface area contributed by atoms with Crippen molar-refractivity contribution < 1.29 is 9.47 Å². The van der Waals surface area contributed by atoms with Gasteiger partial charge in [0.15, 0.2) is 5.96 Å². The van der Waals surface area contributed by atoms with Crippen LogP contribution in [0.2, 0.25) is 0 Å². The van der Waals surface area contributed by atoms with Gasteiger partial charge in [-0.15, -0.1) is 0 Å². The second-order valence-electron chi connectivity index (χ2n) is 7.10. The monoisotopic (exact) mass is 376 g/mol. The molecule has 2 unspecified atom stereocenters. The highest BCUT2D eigenvalue weighted by molar-refractivity contribution is 5.79. The van der Waals surface area contributed by atoms with E-state index < -0.39 is 0 Å². The van der Waals surface area contributed by atoms with Crippen LogP contribution in [0.4, 0.5) is 5.69 Å². The van der Waals surface area contributed by atoms with Crippen molar-refractivity contribution in [1.29, 1.82) is 0 Å². The van der Waals surface area contributed by atoms with Gasteiger partial charge in [-0.1, -0.05) is 18.2 Å². The number of anilines is 1. The predicted octanol–water partition coefficient (Wildman–Crippen LogP) is 2.51. The summed E-state index contributed by atoms with van der Waals surface area (Å²) in [5, 5.41) is 6.71. The molecule has 1 saturated heterocycles. The molecule has 6 heteroatoms. The molecule has 2 N–H and O–H groups in total. The van der Waals surface area contributed by atoms with Gasteiger partial charge in [0.1, 0.15) is 0 Å². The van der Waals surface area contributed by atoms with E-state index >= 15 is 0 Å². The van der Waals surface area contributed by atoms with Gasteiger partial charge in [-0.3, -0.25) is 4.99 Å². The summed E-state index contributed by atoms with van der Waals surface area (Å²) < 4.78 is 11.1. The van der Waals surface area contributed by atoms with Crippen molar-refractivity contribution >= 4 is 11.6 Å². The molecule has 0 spiro atoms. The van der Waals surface area contributed by atoms with Gasteiger partial charge in [-0.05, 0) is 38.8 Å². The van der Waals surface area contributed by atoms with Gasteiger partial charge in [-0.2, -0.15) is 0 Å². The lowest BCUT2D eigenvalue weighted by molar-refractivity contribution is 0.0888. The van der Waals surface area contributed by atoms with Crippen molar-refractivity contribution in [2.75, 3.05) is 58.0 Å². The smallest absolute Gasteiger partial charge is 0.191 e. The first-order valence-corrected chi connectivity index (χ1v) is 10.2. The normalized spacial score (nSPS) is 18.3. The molecule has 0 radical (unpaired) electrons. The highest BCUT2D eigenvalue weighted by atomic mass is 16.5. The number of para-hydroxylation sites is 1. The highest BCUT2D eigenvalue weighted by Gasteiger charge is 2.15. The lowest BCUT2D eigenvalue weighted by Crippen LogP contribution is -2.40. The quantitative estimate of drug-likeness (QED) is 0.353. The predicted molar refractivity (Wildman–Crippen MR) is 113 cm³/mol. The molecular formula is C21H36N4O2. The lowest BCUT2D eigenvalue weighted by atomic mass is 10.1. The fourth-order valence-corrected chi connectivity index (χ4v) is 2.95. The summed E-state index contributed by atoms with van der Waals surface area (Å²) in [4.78, 5) is 6.99. The maximum Gasteiger partial charge on any atom is 0.191 e. The molecule has 1 aliphatic rings. The van der Waals surface area contributed by atoms with E-state index in [1.165, 1.54) is 5.69 Å². The Morgan fingerprint density at radius 3 is 2.85 bits per heavy atom. The third-order valence-electron chi connectivity index (χ3n) is 4.82. The first-order valence-electron chi connectivity index (χ1n) is 10.2. The van der Waals surface area contributed by atoms with Crippen molar-refractivity contribution in [3.8, 4) is 0 Å². The Kier molecular flexibility index (Phi) is 10.0. The van der Waals surface area contributed by atoms with Gasteiger partial charge in [0.25, 0.3) is 0 Å². The van der Waals surface area contributed by atoms with E-state index in [-0.39, 0.29) is 0 Å². The van der Waals surface area contributed by atoms with Gasteiger partial charge >= 0.3 is 0 Å². The molecule has 27 heavy (non-hydrogen) atoms. The van der Waals surface area contributed by atoms with Crippen LogP contribution in [0, 0.1) is 5.92 Å². The molecule has 6 nitrogen and oxygen atoms in total. The Balaban J connectivity index is 1.66. The number of hydrogen-bond donors (Lipinski definition) is 2. The molecule has 0 aliphatic carbocycles. The van der Waals surface area contributed by atoms with Crippen molar-refractivity contribution in [3.05, 3.63) is 30.3 Å². The molecule has 0 amide bonds. The van der Waals surface area contributed by atoms with E-state index in [0.717, 1.165) is 64.9 Å². The second-order valence-corrected chi connectivity index (χ2v) is 7.10. The van der Waals surface area contributed by atoms with Gasteiger partial charge in [-0.25, -0.2) is 0 Å². The molecule has 0 bridgehead atoms. The number of likely N-dealkylation sites (N-methyl/N-ethyl adjacent to an activating group) is 1.